The summed E-state index contributed by atoms with van der Waals surface area (Å²) in [6.07, 6.45) is 5.07. The standard InChI is InChI=1S/C24H26FN7O/c1-13-8-26-22-20(31-9-14(2)27-15(3)10-31)6-5-18(21(22)28-13)24(33)30-17-7-19(25)23-29-16(4)11-32(23)12-17/h5-8,11-12,14-15,27H,9-10H2,1-4H3,(H,30,33). The van der Waals surface area contributed by atoms with E-state index < -0.39 is 5.82 Å². The number of aromatic nitrogens is 4. The molecule has 1 fully saturated rings. The highest BCUT2D eigenvalue weighted by Gasteiger charge is 2.25. The summed E-state index contributed by atoms with van der Waals surface area (Å²) in [5, 5.41) is 6.34. The zero-order chi connectivity index (χ0) is 23.3. The molecule has 2 atom stereocenters. The molecule has 8 nitrogen and oxygen atoms in total. The maximum atomic E-state index is 14.5. The molecule has 1 saturated heterocycles. The van der Waals surface area contributed by atoms with Gasteiger partial charge in [-0.25, -0.2) is 14.4 Å². The molecule has 0 spiro atoms. The van der Waals surface area contributed by atoms with Gasteiger partial charge in [-0.15, -0.1) is 0 Å². The van der Waals surface area contributed by atoms with Crippen molar-refractivity contribution in [3.8, 4) is 0 Å². The Morgan fingerprint density at radius 3 is 2.61 bits per heavy atom. The number of carbonyl (C=O) groups excluding carboxylic acids is 1. The number of nitrogens with one attached hydrogen (secondary N) is 2. The fraction of sp³-hybridized carbons (Fsp3) is 0.333. The Hall–Kier alpha value is -3.59. The summed E-state index contributed by atoms with van der Waals surface area (Å²) >= 11 is 0. The van der Waals surface area contributed by atoms with Crippen molar-refractivity contribution < 1.29 is 9.18 Å². The molecule has 0 radical (unpaired) electrons. The van der Waals surface area contributed by atoms with E-state index in [1.165, 1.54) is 6.07 Å². The minimum atomic E-state index is -0.501. The number of rotatable bonds is 3. The fourth-order valence-electron chi connectivity index (χ4n) is 4.58. The third kappa shape index (κ3) is 4.00. The van der Waals surface area contributed by atoms with Crippen LogP contribution >= 0.6 is 0 Å². The SMILES string of the molecule is Cc1cnc2c(N3CC(C)NC(C)C3)ccc(C(=O)Nc3cc(F)c4nc(C)cn4c3)c2n1. The average molecular weight is 448 g/mol. The third-order valence-electron chi connectivity index (χ3n) is 5.83. The number of aryl methyl sites for hydroxylation is 2. The van der Waals surface area contributed by atoms with E-state index in [9.17, 15) is 9.18 Å². The summed E-state index contributed by atoms with van der Waals surface area (Å²) in [5.74, 6) is -0.872. The molecule has 0 bridgehead atoms. The molecule has 1 aliphatic heterocycles. The number of pyridine rings is 1. The second kappa shape index (κ2) is 8.08. The van der Waals surface area contributed by atoms with Crippen LogP contribution in [0.5, 0.6) is 0 Å². The zero-order valence-corrected chi connectivity index (χ0v) is 19.1. The molecule has 1 aliphatic rings. The molecule has 1 amide bonds. The lowest BCUT2D eigenvalue weighted by Crippen LogP contribution is -2.54. The molecule has 4 heterocycles. The van der Waals surface area contributed by atoms with E-state index in [1.807, 2.05) is 13.0 Å². The molecule has 3 aromatic heterocycles. The Kier molecular flexibility index (Phi) is 5.20. The maximum Gasteiger partial charge on any atom is 0.257 e. The number of amides is 1. The van der Waals surface area contributed by atoms with E-state index in [1.54, 1.807) is 36.0 Å². The fourth-order valence-corrected chi connectivity index (χ4v) is 4.58. The summed E-state index contributed by atoms with van der Waals surface area (Å²) in [6.45, 7) is 9.62. The number of nitrogens with zero attached hydrogens (tertiary/aromatic N) is 5. The number of hydrogen-bond donors (Lipinski definition) is 2. The maximum absolute atomic E-state index is 14.5. The van der Waals surface area contributed by atoms with Crippen molar-refractivity contribution in [1.29, 1.82) is 0 Å². The minimum Gasteiger partial charge on any atom is -0.367 e. The van der Waals surface area contributed by atoms with Gasteiger partial charge in [0.2, 0.25) is 0 Å². The number of anilines is 2. The number of fused-ring (bicyclic) bond motifs is 2. The van der Waals surface area contributed by atoms with Gasteiger partial charge in [-0.3, -0.25) is 9.78 Å². The smallest absolute Gasteiger partial charge is 0.257 e. The molecule has 2 unspecified atom stereocenters. The van der Waals surface area contributed by atoms with Crippen molar-refractivity contribution in [1.82, 2.24) is 24.7 Å². The predicted molar refractivity (Wildman–Crippen MR) is 126 cm³/mol. The number of imidazole rings is 1. The van der Waals surface area contributed by atoms with Crippen LogP contribution in [-0.2, 0) is 0 Å². The lowest BCUT2D eigenvalue weighted by molar-refractivity contribution is 0.102. The van der Waals surface area contributed by atoms with Gasteiger partial charge in [0, 0.05) is 49.8 Å². The van der Waals surface area contributed by atoms with Gasteiger partial charge >= 0.3 is 0 Å². The van der Waals surface area contributed by atoms with Gasteiger partial charge in [-0.2, -0.15) is 0 Å². The molecule has 0 aliphatic carbocycles. The van der Waals surface area contributed by atoms with Gasteiger partial charge in [-0.05, 0) is 39.8 Å². The summed E-state index contributed by atoms with van der Waals surface area (Å²) in [6, 6.07) is 5.64. The number of hydrogen-bond acceptors (Lipinski definition) is 6. The molecule has 33 heavy (non-hydrogen) atoms. The largest absolute Gasteiger partial charge is 0.367 e. The first kappa shape index (κ1) is 21.3. The van der Waals surface area contributed by atoms with Gasteiger partial charge in [0.1, 0.15) is 11.0 Å². The third-order valence-corrected chi connectivity index (χ3v) is 5.83. The van der Waals surface area contributed by atoms with E-state index in [0.717, 1.165) is 24.5 Å². The highest BCUT2D eigenvalue weighted by Crippen LogP contribution is 2.29. The van der Waals surface area contributed by atoms with Gasteiger partial charge in [0.25, 0.3) is 5.91 Å². The first-order chi connectivity index (χ1) is 15.8. The van der Waals surface area contributed by atoms with Crippen LogP contribution < -0.4 is 15.5 Å². The number of halogens is 1. The lowest BCUT2D eigenvalue weighted by atomic mass is 10.1. The van der Waals surface area contributed by atoms with Crippen molar-refractivity contribution in [2.75, 3.05) is 23.3 Å². The normalized spacial score (nSPS) is 18.8. The van der Waals surface area contributed by atoms with Gasteiger partial charge < -0.3 is 19.9 Å². The molecular formula is C24H26FN7O. The molecular weight excluding hydrogens is 421 g/mol. The van der Waals surface area contributed by atoms with Crippen molar-refractivity contribution in [3.05, 3.63) is 59.6 Å². The molecule has 0 saturated carbocycles. The molecule has 2 N–H and O–H groups in total. The zero-order valence-electron chi connectivity index (χ0n) is 19.1. The van der Waals surface area contributed by atoms with Crippen LogP contribution in [0.1, 0.15) is 35.6 Å². The minimum absolute atomic E-state index is 0.223. The first-order valence-electron chi connectivity index (χ1n) is 11.0. The summed E-state index contributed by atoms with van der Waals surface area (Å²) in [4.78, 5) is 29.0. The average Bonchev–Trinajstić information content (AvgIpc) is 3.12. The summed E-state index contributed by atoms with van der Waals surface area (Å²) in [5.41, 5.74) is 4.54. The monoisotopic (exact) mass is 447 g/mol. The lowest BCUT2D eigenvalue weighted by Gasteiger charge is -2.38. The van der Waals surface area contributed by atoms with Gasteiger partial charge in [0.15, 0.2) is 11.5 Å². The Labute approximate surface area is 190 Å². The molecule has 9 heteroatoms. The van der Waals surface area contributed by atoms with E-state index in [0.29, 0.717) is 40.1 Å². The Morgan fingerprint density at radius 1 is 1.09 bits per heavy atom. The van der Waals surface area contributed by atoms with E-state index in [-0.39, 0.29) is 11.6 Å². The molecule has 5 rings (SSSR count). The molecule has 1 aromatic carbocycles. The molecule has 170 valence electrons. The number of piperazine rings is 1. The van der Waals surface area contributed by atoms with Crippen molar-refractivity contribution in [2.45, 2.75) is 39.8 Å². The highest BCUT2D eigenvalue weighted by molar-refractivity contribution is 6.13. The van der Waals surface area contributed by atoms with Crippen molar-refractivity contribution >= 4 is 34.0 Å². The quantitative estimate of drug-likeness (QED) is 0.500. The van der Waals surface area contributed by atoms with Crippen LogP contribution in [0, 0.1) is 19.7 Å². The predicted octanol–water partition coefficient (Wildman–Crippen LogP) is 3.47. The molecule has 4 aromatic rings. The summed E-state index contributed by atoms with van der Waals surface area (Å²) < 4.78 is 16.0. The first-order valence-corrected chi connectivity index (χ1v) is 11.0. The van der Waals surface area contributed by atoms with Crippen molar-refractivity contribution in [2.24, 2.45) is 0 Å². The van der Waals surface area contributed by atoms with Crippen LogP contribution in [0.25, 0.3) is 16.7 Å². The van der Waals surface area contributed by atoms with Crippen LogP contribution in [0.4, 0.5) is 15.8 Å². The number of carbonyl (C=O) groups is 1. The topological polar surface area (TPSA) is 87.5 Å². The van der Waals surface area contributed by atoms with E-state index in [4.69, 9.17) is 0 Å². The van der Waals surface area contributed by atoms with Crippen LogP contribution in [0.2, 0.25) is 0 Å². The highest BCUT2D eigenvalue weighted by atomic mass is 19.1. The second-order valence-electron chi connectivity index (χ2n) is 8.86. The summed E-state index contributed by atoms with van der Waals surface area (Å²) in [7, 11) is 0. The number of benzene rings is 1. The van der Waals surface area contributed by atoms with Gasteiger partial charge in [0.05, 0.1) is 28.3 Å². The van der Waals surface area contributed by atoms with Crippen LogP contribution in [0.3, 0.4) is 0 Å². The Bertz CT molecular complexity index is 1370. The van der Waals surface area contributed by atoms with E-state index >= 15 is 0 Å². The van der Waals surface area contributed by atoms with Crippen LogP contribution in [-0.4, -0.2) is 50.4 Å². The Morgan fingerprint density at radius 2 is 1.85 bits per heavy atom. The van der Waals surface area contributed by atoms with Gasteiger partial charge in [-0.1, -0.05) is 0 Å². The Balaban J connectivity index is 1.53. The van der Waals surface area contributed by atoms with Crippen LogP contribution in [0.15, 0.2) is 36.8 Å². The van der Waals surface area contributed by atoms with E-state index in [2.05, 4.69) is 44.3 Å². The van der Waals surface area contributed by atoms with Crippen molar-refractivity contribution in [3.63, 3.8) is 0 Å². The second-order valence-corrected chi connectivity index (χ2v) is 8.86.